The van der Waals surface area contributed by atoms with Crippen molar-refractivity contribution < 1.29 is 9.90 Å². The second kappa shape index (κ2) is 6.55. The third-order valence-corrected chi connectivity index (χ3v) is 3.50. The monoisotopic (exact) mass is 247 g/mol. The van der Waals surface area contributed by atoms with Crippen molar-refractivity contribution >= 4 is 5.78 Å². The Balaban J connectivity index is 1.74. The van der Waals surface area contributed by atoms with Gasteiger partial charge in [0.05, 0.1) is 0 Å². The van der Waals surface area contributed by atoms with Crippen LogP contribution in [-0.2, 0) is 11.2 Å². The minimum Gasteiger partial charge on any atom is -0.508 e. The molecule has 3 heteroatoms. The molecule has 1 unspecified atom stereocenters. The number of Topliss-reactive ketones (excluding diaryl/α,β-unsaturated/α-hetero) is 1. The fourth-order valence-corrected chi connectivity index (χ4v) is 2.49. The Morgan fingerprint density at radius 2 is 2.28 bits per heavy atom. The molecule has 18 heavy (non-hydrogen) atoms. The van der Waals surface area contributed by atoms with Crippen LogP contribution in [0.2, 0.25) is 0 Å². The second-order valence-electron chi connectivity index (χ2n) is 5.07. The number of hydrogen-bond donors (Lipinski definition) is 2. The van der Waals surface area contributed by atoms with Crippen molar-refractivity contribution in [2.75, 3.05) is 6.54 Å². The molecule has 1 saturated heterocycles. The molecule has 1 heterocycles. The highest BCUT2D eigenvalue weighted by Gasteiger charge is 2.14. The van der Waals surface area contributed by atoms with E-state index in [0.717, 1.165) is 18.5 Å². The highest BCUT2D eigenvalue weighted by Crippen LogP contribution is 2.15. The first-order valence-electron chi connectivity index (χ1n) is 6.77. The molecule has 1 fully saturated rings. The number of piperidine rings is 1. The summed E-state index contributed by atoms with van der Waals surface area (Å²) in [5, 5.41) is 12.8. The number of phenolic OH excluding ortho intramolecular Hbond substituents is 1. The van der Waals surface area contributed by atoms with Gasteiger partial charge in [-0.05, 0) is 43.5 Å². The van der Waals surface area contributed by atoms with Crippen molar-refractivity contribution in [2.45, 2.75) is 44.6 Å². The van der Waals surface area contributed by atoms with E-state index in [9.17, 15) is 9.90 Å². The van der Waals surface area contributed by atoms with Crippen LogP contribution >= 0.6 is 0 Å². The van der Waals surface area contributed by atoms with Crippen LogP contribution in [0, 0.1) is 0 Å². The summed E-state index contributed by atoms with van der Waals surface area (Å²) in [7, 11) is 0. The summed E-state index contributed by atoms with van der Waals surface area (Å²) in [4.78, 5) is 11.9. The van der Waals surface area contributed by atoms with Gasteiger partial charge in [-0.25, -0.2) is 0 Å². The Bertz CT molecular complexity index is 397. The lowest BCUT2D eigenvalue weighted by atomic mass is 9.97. The lowest BCUT2D eigenvalue weighted by Gasteiger charge is -2.22. The van der Waals surface area contributed by atoms with Crippen molar-refractivity contribution in [3.8, 4) is 5.75 Å². The number of phenols is 1. The normalized spacial score (nSPS) is 19.7. The molecule has 3 nitrogen and oxygen atoms in total. The van der Waals surface area contributed by atoms with Gasteiger partial charge in [-0.2, -0.15) is 0 Å². The summed E-state index contributed by atoms with van der Waals surface area (Å²) in [6.45, 7) is 1.09. The predicted octanol–water partition coefficient (Wildman–Crippen LogP) is 2.43. The number of carbonyl (C=O) groups is 1. The molecule has 0 spiro atoms. The second-order valence-corrected chi connectivity index (χ2v) is 5.07. The topological polar surface area (TPSA) is 49.3 Å². The molecule has 0 amide bonds. The Labute approximate surface area is 108 Å². The van der Waals surface area contributed by atoms with Gasteiger partial charge in [-0.3, -0.25) is 4.79 Å². The average Bonchev–Trinajstić information content (AvgIpc) is 2.38. The molecule has 0 saturated carbocycles. The highest BCUT2D eigenvalue weighted by atomic mass is 16.3. The van der Waals surface area contributed by atoms with Crippen LogP contribution in [0.4, 0.5) is 0 Å². The van der Waals surface area contributed by atoms with Crippen molar-refractivity contribution in [1.29, 1.82) is 0 Å². The lowest BCUT2D eigenvalue weighted by molar-refractivity contribution is -0.118. The summed E-state index contributed by atoms with van der Waals surface area (Å²) >= 11 is 0. The third kappa shape index (κ3) is 4.15. The van der Waals surface area contributed by atoms with Crippen LogP contribution < -0.4 is 5.32 Å². The Kier molecular flexibility index (Phi) is 4.76. The van der Waals surface area contributed by atoms with Crippen molar-refractivity contribution in [2.24, 2.45) is 0 Å². The number of nitrogens with one attached hydrogen (secondary N) is 1. The Morgan fingerprint density at radius 3 is 3.00 bits per heavy atom. The molecule has 2 rings (SSSR count). The molecule has 1 atom stereocenters. The third-order valence-electron chi connectivity index (χ3n) is 3.50. The number of carbonyl (C=O) groups excluding carboxylic acids is 1. The maximum Gasteiger partial charge on any atom is 0.137 e. The van der Waals surface area contributed by atoms with Gasteiger partial charge in [0.25, 0.3) is 0 Å². The average molecular weight is 247 g/mol. The number of rotatable bonds is 5. The van der Waals surface area contributed by atoms with E-state index in [4.69, 9.17) is 0 Å². The van der Waals surface area contributed by atoms with E-state index in [1.165, 1.54) is 19.3 Å². The molecule has 1 aliphatic rings. The molecule has 1 aliphatic heterocycles. The van der Waals surface area contributed by atoms with E-state index in [0.29, 0.717) is 18.9 Å². The summed E-state index contributed by atoms with van der Waals surface area (Å²) in [5.41, 5.74) is 0.900. The summed E-state index contributed by atoms with van der Waals surface area (Å²) in [5.74, 6) is 0.488. The van der Waals surface area contributed by atoms with E-state index in [-0.39, 0.29) is 11.5 Å². The molecule has 0 aromatic heterocycles. The van der Waals surface area contributed by atoms with E-state index in [1.807, 2.05) is 6.07 Å². The minimum absolute atomic E-state index is 0.231. The number of aromatic hydroxyl groups is 1. The first-order valence-corrected chi connectivity index (χ1v) is 6.77. The van der Waals surface area contributed by atoms with Gasteiger partial charge in [0.2, 0.25) is 0 Å². The van der Waals surface area contributed by atoms with Crippen molar-refractivity contribution in [1.82, 2.24) is 5.32 Å². The largest absolute Gasteiger partial charge is 0.508 e. The van der Waals surface area contributed by atoms with Crippen LogP contribution in [0.5, 0.6) is 5.75 Å². The summed E-state index contributed by atoms with van der Waals surface area (Å²) in [6, 6.07) is 7.47. The van der Waals surface area contributed by atoms with Crippen LogP contribution in [-0.4, -0.2) is 23.5 Å². The molecule has 0 bridgehead atoms. The highest BCUT2D eigenvalue weighted by molar-refractivity contribution is 5.80. The number of ketones is 1. The quantitative estimate of drug-likeness (QED) is 0.840. The zero-order valence-electron chi connectivity index (χ0n) is 10.7. The maximum atomic E-state index is 11.9. The van der Waals surface area contributed by atoms with Gasteiger partial charge in [0.1, 0.15) is 11.5 Å². The van der Waals surface area contributed by atoms with Crippen molar-refractivity contribution in [3.63, 3.8) is 0 Å². The van der Waals surface area contributed by atoms with Crippen LogP contribution in [0.15, 0.2) is 24.3 Å². The van der Waals surface area contributed by atoms with Crippen molar-refractivity contribution in [3.05, 3.63) is 29.8 Å². The Morgan fingerprint density at radius 1 is 1.39 bits per heavy atom. The van der Waals surface area contributed by atoms with Crippen LogP contribution in [0.25, 0.3) is 0 Å². The summed E-state index contributed by atoms with van der Waals surface area (Å²) < 4.78 is 0. The first kappa shape index (κ1) is 13.1. The van der Waals surface area contributed by atoms with Gasteiger partial charge in [-0.1, -0.05) is 18.6 Å². The minimum atomic E-state index is 0.231. The van der Waals surface area contributed by atoms with Gasteiger partial charge in [0, 0.05) is 18.9 Å². The SMILES string of the molecule is O=C(CCC1CCCCN1)Cc1cccc(O)c1. The van der Waals surface area contributed by atoms with E-state index < -0.39 is 0 Å². The molecule has 2 N–H and O–H groups in total. The zero-order chi connectivity index (χ0) is 12.8. The van der Waals surface area contributed by atoms with Gasteiger partial charge >= 0.3 is 0 Å². The van der Waals surface area contributed by atoms with Gasteiger partial charge in [-0.15, -0.1) is 0 Å². The zero-order valence-corrected chi connectivity index (χ0v) is 10.7. The van der Waals surface area contributed by atoms with Gasteiger partial charge < -0.3 is 10.4 Å². The number of hydrogen-bond acceptors (Lipinski definition) is 3. The Hall–Kier alpha value is -1.35. The van der Waals surface area contributed by atoms with E-state index in [2.05, 4.69) is 5.32 Å². The molecule has 0 radical (unpaired) electrons. The standard InChI is InChI=1S/C15H21NO2/c17-14-6-3-4-12(10-14)11-15(18)8-7-13-5-1-2-9-16-13/h3-4,6,10,13,16-17H,1-2,5,7-9,11H2. The van der Waals surface area contributed by atoms with Gasteiger partial charge in [0.15, 0.2) is 0 Å². The number of benzene rings is 1. The molecule has 98 valence electrons. The smallest absolute Gasteiger partial charge is 0.137 e. The molecule has 1 aromatic carbocycles. The molecule has 0 aliphatic carbocycles. The predicted molar refractivity (Wildman–Crippen MR) is 71.7 cm³/mol. The molecular weight excluding hydrogens is 226 g/mol. The van der Waals surface area contributed by atoms with Crippen LogP contribution in [0.3, 0.4) is 0 Å². The van der Waals surface area contributed by atoms with E-state index >= 15 is 0 Å². The first-order chi connectivity index (χ1) is 8.74. The fourth-order valence-electron chi connectivity index (χ4n) is 2.49. The molecular formula is C15H21NO2. The summed E-state index contributed by atoms with van der Waals surface area (Å²) in [6.07, 6.45) is 5.73. The molecule has 1 aromatic rings. The fraction of sp³-hybridized carbons (Fsp3) is 0.533. The lowest BCUT2D eigenvalue weighted by Crippen LogP contribution is -2.34. The maximum absolute atomic E-state index is 11.9. The van der Waals surface area contributed by atoms with Crippen LogP contribution in [0.1, 0.15) is 37.7 Å². The van der Waals surface area contributed by atoms with E-state index in [1.54, 1.807) is 18.2 Å².